The van der Waals surface area contributed by atoms with Gasteiger partial charge in [0.05, 0.1) is 0 Å². The van der Waals surface area contributed by atoms with Crippen molar-refractivity contribution in [2.75, 3.05) is 13.1 Å². The van der Waals surface area contributed by atoms with Crippen molar-refractivity contribution < 1.29 is 4.52 Å². The zero-order valence-corrected chi connectivity index (χ0v) is 7.92. The molecule has 0 aromatic carbocycles. The third kappa shape index (κ3) is 2.28. The van der Waals surface area contributed by atoms with Gasteiger partial charge in [-0.1, -0.05) is 5.16 Å². The van der Waals surface area contributed by atoms with E-state index in [1.54, 1.807) is 0 Å². The Kier molecular flexibility index (Phi) is 2.59. The fourth-order valence-electron chi connectivity index (χ4n) is 1.78. The second-order valence-corrected chi connectivity index (χ2v) is 3.65. The summed E-state index contributed by atoms with van der Waals surface area (Å²) in [6, 6.07) is 0. The Morgan fingerprint density at radius 3 is 3.15 bits per heavy atom. The van der Waals surface area contributed by atoms with E-state index in [9.17, 15) is 0 Å². The van der Waals surface area contributed by atoms with Crippen LogP contribution in [0.5, 0.6) is 0 Å². The van der Waals surface area contributed by atoms with Crippen molar-refractivity contribution in [2.24, 2.45) is 5.92 Å². The molecule has 1 atom stereocenters. The van der Waals surface area contributed by atoms with Crippen LogP contribution >= 0.6 is 0 Å². The van der Waals surface area contributed by atoms with Crippen molar-refractivity contribution >= 4 is 0 Å². The van der Waals surface area contributed by atoms with Gasteiger partial charge in [0.15, 0.2) is 5.82 Å². The molecule has 0 bridgehead atoms. The summed E-state index contributed by atoms with van der Waals surface area (Å²) in [5.74, 6) is 2.20. The highest BCUT2D eigenvalue weighted by Gasteiger charge is 2.15. The third-order valence-corrected chi connectivity index (χ3v) is 2.44. The summed E-state index contributed by atoms with van der Waals surface area (Å²) >= 11 is 0. The molecular weight excluding hydrogens is 166 g/mol. The minimum Gasteiger partial charge on any atom is -0.340 e. The molecule has 2 heterocycles. The number of aryl methyl sites for hydroxylation is 1. The van der Waals surface area contributed by atoms with Crippen LogP contribution in [0.25, 0.3) is 0 Å². The average molecular weight is 181 g/mol. The summed E-state index contributed by atoms with van der Waals surface area (Å²) in [7, 11) is 0. The highest BCUT2D eigenvalue weighted by atomic mass is 16.5. The van der Waals surface area contributed by atoms with E-state index in [2.05, 4.69) is 15.5 Å². The topological polar surface area (TPSA) is 51.0 Å². The third-order valence-electron chi connectivity index (χ3n) is 2.44. The summed E-state index contributed by atoms with van der Waals surface area (Å²) < 4.78 is 4.92. The molecule has 2 rings (SSSR count). The molecule has 0 radical (unpaired) electrons. The van der Waals surface area contributed by atoms with Crippen molar-refractivity contribution in [3.63, 3.8) is 0 Å². The predicted molar refractivity (Wildman–Crippen MR) is 48.3 cm³/mol. The van der Waals surface area contributed by atoms with Gasteiger partial charge in [-0.2, -0.15) is 4.98 Å². The van der Waals surface area contributed by atoms with Crippen molar-refractivity contribution in [1.82, 2.24) is 15.5 Å². The van der Waals surface area contributed by atoms with Gasteiger partial charge in [0.2, 0.25) is 5.89 Å². The van der Waals surface area contributed by atoms with Crippen molar-refractivity contribution in [3.05, 3.63) is 11.7 Å². The lowest BCUT2D eigenvalue weighted by Gasteiger charge is -2.20. The maximum Gasteiger partial charge on any atom is 0.223 e. The van der Waals surface area contributed by atoms with Crippen LogP contribution in [0.15, 0.2) is 4.52 Å². The van der Waals surface area contributed by atoms with E-state index in [0.717, 1.165) is 25.3 Å². The van der Waals surface area contributed by atoms with Gasteiger partial charge < -0.3 is 9.84 Å². The predicted octanol–water partition coefficient (Wildman–Crippen LogP) is 0.920. The summed E-state index contributed by atoms with van der Waals surface area (Å²) in [5.41, 5.74) is 0. The molecular formula is C9H15N3O. The second kappa shape index (κ2) is 3.87. The molecule has 0 amide bonds. The molecule has 13 heavy (non-hydrogen) atoms. The van der Waals surface area contributed by atoms with Gasteiger partial charge >= 0.3 is 0 Å². The molecule has 1 aromatic heterocycles. The van der Waals surface area contributed by atoms with Gasteiger partial charge in [-0.3, -0.25) is 0 Å². The smallest absolute Gasteiger partial charge is 0.223 e. The van der Waals surface area contributed by atoms with Gasteiger partial charge in [-0.25, -0.2) is 0 Å². The van der Waals surface area contributed by atoms with E-state index < -0.39 is 0 Å². The summed E-state index contributed by atoms with van der Waals surface area (Å²) in [5, 5.41) is 7.27. The van der Waals surface area contributed by atoms with Gasteiger partial charge in [-0.15, -0.1) is 0 Å². The lowest BCUT2D eigenvalue weighted by Crippen LogP contribution is -2.31. The Bertz CT molecular complexity index is 266. The monoisotopic (exact) mass is 181 g/mol. The number of hydrogen-bond acceptors (Lipinski definition) is 4. The summed E-state index contributed by atoms with van der Waals surface area (Å²) in [6.45, 7) is 4.07. The number of rotatable bonds is 2. The van der Waals surface area contributed by atoms with Gasteiger partial charge in [0.1, 0.15) is 0 Å². The van der Waals surface area contributed by atoms with Crippen LogP contribution in [-0.2, 0) is 6.42 Å². The van der Waals surface area contributed by atoms with E-state index in [0.29, 0.717) is 11.8 Å². The van der Waals surface area contributed by atoms with Gasteiger partial charge in [0.25, 0.3) is 0 Å². The first kappa shape index (κ1) is 8.69. The minimum atomic E-state index is 0.666. The Hall–Kier alpha value is -0.900. The number of hydrogen-bond donors (Lipinski definition) is 1. The number of nitrogens with one attached hydrogen (secondary N) is 1. The largest absolute Gasteiger partial charge is 0.340 e. The van der Waals surface area contributed by atoms with Crippen LogP contribution in [0.1, 0.15) is 24.6 Å². The SMILES string of the molecule is Cc1nc(CC2CCCNC2)no1. The quantitative estimate of drug-likeness (QED) is 0.737. The lowest BCUT2D eigenvalue weighted by atomic mass is 9.96. The minimum absolute atomic E-state index is 0.666. The van der Waals surface area contributed by atoms with E-state index >= 15 is 0 Å². The normalized spacial score (nSPS) is 23.3. The number of piperidine rings is 1. The number of aromatic nitrogens is 2. The van der Waals surface area contributed by atoms with E-state index in [1.165, 1.54) is 12.8 Å². The fraction of sp³-hybridized carbons (Fsp3) is 0.778. The van der Waals surface area contributed by atoms with Crippen LogP contribution < -0.4 is 5.32 Å². The first-order chi connectivity index (χ1) is 6.34. The maximum atomic E-state index is 4.92. The van der Waals surface area contributed by atoms with Crippen molar-refractivity contribution in [1.29, 1.82) is 0 Å². The van der Waals surface area contributed by atoms with E-state index in [4.69, 9.17) is 4.52 Å². The molecule has 4 nitrogen and oxygen atoms in total. The van der Waals surface area contributed by atoms with Crippen LogP contribution in [0.3, 0.4) is 0 Å². The van der Waals surface area contributed by atoms with Crippen molar-refractivity contribution in [3.8, 4) is 0 Å². The molecule has 1 aliphatic heterocycles. The zero-order chi connectivity index (χ0) is 9.10. The highest BCUT2D eigenvalue weighted by Crippen LogP contribution is 2.14. The van der Waals surface area contributed by atoms with Crippen LogP contribution in [-0.4, -0.2) is 23.2 Å². The Morgan fingerprint density at radius 2 is 2.54 bits per heavy atom. The molecule has 1 unspecified atom stereocenters. The van der Waals surface area contributed by atoms with Gasteiger partial charge in [-0.05, 0) is 31.8 Å². The first-order valence-corrected chi connectivity index (χ1v) is 4.84. The molecule has 1 fully saturated rings. The molecule has 1 saturated heterocycles. The first-order valence-electron chi connectivity index (χ1n) is 4.84. The standard InChI is InChI=1S/C9H15N3O/c1-7-11-9(12-13-7)5-8-3-2-4-10-6-8/h8,10H,2-6H2,1H3. The fourth-order valence-corrected chi connectivity index (χ4v) is 1.78. The van der Waals surface area contributed by atoms with Crippen LogP contribution in [0.2, 0.25) is 0 Å². The highest BCUT2D eigenvalue weighted by molar-refractivity contribution is 4.87. The molecule has 0 aliphatic carbocycles. The second-order valence-electron chi connectivity index (χ2n) is 3.65. The molecule has 1 N–H and O–H groups in total. The van der Waals surface area contributed by atoms with Crippen LogP contribution in [0, 0.1) is 12.8 Å². The molecule has 1 aromatic rings. The Balaban J connectivity index is 1.89. The molecule has 0 spiro atoms. The average Bonchev–Trinajstić information content (AvgIpc) is 2.53. The maximum absolute atomic E-state index is 4.92. The molecule has 4 heteroatoms. The van der Waals surface area contributed by atoms with Crippen LogP contribution in [0.4, 0.5) is 0 Å². The molecule has 72 valence electrons. The summed E-state index contributed by atoms with van der Waals surface area (Å²) in [4.78, 5) is 4.20. The zero-order valence-electron chi connectivity index (χ0n) is 7.92. The summed E-state index contributed by atoms with van der Waals surface area (Å²) in [6.07, 6.45) is 3.49. The Morgan fingerprint density at radius 1 is 1.62 bits per heavy atom. The van der Waals surface area contributed by atoms with Crippen molar-refractivity contribution in [2.45, 2.75) is 26.2 Å². The van der Waals surface area contributed by atoms with E-state index in [1.807, 2.05) is 6.92 Å². The number of nitrogens with zero attached hydrogens (tertiary/aromatic N) is 2. The molecule has 0 saturated carbocycles. The lowest BCUT2D eigenvalue weighted by molar-refractivity contribution is 0.354. The van der Waals surface area contributed by atoms with Gasteiger partial charge in [0, 0.05) is 13.3 Å². The molecule has 1 aliphatic rings. The van der Waals surface area contributed by atoms with E-state index in [-0.39, 0.29) is 0 Å². The Labute approximate surface area is 77.7 Å².